The highest BCUT2D eigenvalue weighted by Crippen LogP contribution is 2.03. The van der Waals surface area contributed by atoms with E-state index in [9.17, 15) is 19.2 Å². The van der Waals surface area contributed by atoms with E-state index in [0.29, 0.717) is 48.7 Å². The summed E-state index contributed by atoms with van der Waals surface area (Å²) in [5.74, 6) is 0. The first-order valence-corrected chi connectivity index (χ1v) is 9.10. The minimum absolute atomic E-state index is 0.329. The van der Waals surface area contributed by atoms with Crippen molar-refractivity contribution in [3.05, 3.63) is 64.2 Å². The number of aromatic nitrogens is 4. The summed E-state index contributed by atoms with van der Waals surface area (Å²) in [5.41, 5.74) is 6.00. The summed E-state index contributed by atoms with van der Waals surface area (Å²) in [5, 5.41) is 3.00. The predicted octanol–water partition coefficient (Wildman–Crippen LogP) is -2.36. The highest BCUT2D eigenvalue weighted by molar-refractivity contribution is 5.57. The molecule has 0 saturated carbocycles. The number of hydrogen-bond acceptors (Lipinski definition) is 8. The van der Waals surface area contributed by atoms with E-state index in [2.05, 4.69) is 30.2 Å². The fourth-order valence-electron chi connectivity index (χ4n) is 2.58. The Kier molecular flexibility index (Phi) is 7.86. The molecule has 0 amide bonds. The van der Waals surface area contributed by atoms with Gasteiger partial charge < -0.3 is 25.9 Å². The molecule has 2 aromatic heterocycles. The number of nitrogens with one attached hydrogen (secondary N) is 5. The van der Waals surface area contributed by atoms with Gasteiger partial charge in [0.15, 0.2) is 0 Å². The minimum Gasteiger partial charge on any atom is -0.355 e. The van der Waals surface area contributed by atoms with Crippen molar-refractivity contribution < 1.29 is 0 Å². The Balaban J connectivity index is 0.000000208. The SMILES string of the molecule is Cc1c(CN2C=NCC2)[nH]c(=O)[nH]c1=O.Cc1c(CNCCN)[nH]c(=O)[nH]c1=O. The number of hydrogen-bond donors (Lipinski definition) is 6. The molecule has 12 heteroatoms. The number of nitrogens with two attached hydrogens (primary N) is 1. The van der Waals surface area contributed by atoms with Gasteiger partial charge in [-0.1, -0.05) is 0 Å². The van der Waals surface area contributed by atoms with Gasteiger partial charge in [-0.2, -0.15) is 0 Å². The first kappa shape index (κ1) is 22.0. The maximum absolute atomic E-state index is 11.3. The molecule has 0 aromatic carbocycles. The molecule has 0 saturated heterocycles. The molecule has 1 aliphatic heterocycles. The maximum atomic E-state index is 11.3. The number of aromatic amines is 4. The van der Waals surface area contributed by atoms with Crippen LogP contribution in [0.15, 0.2) is 24.2 Å². The van der Waals surface area contributed by atoms with E-state index in [1.54, 1.807) is 20.2 Å². The monoisotopic (exact) mass is 406 g/mol. The highest BCUT2D eigenvalue weighted by atomic mass is 16.2. The zero-order chi connectivity index (χ0) is 21.4. The van der Waals surface area contributed by atoms with Crippen LogP contribution in [-0.4, -0.2) is 57.4 Å². The largest absolute Gasteiger partial charge is 0.355 e. The van der Waals surface area contributed by atoms with Gasteiger partial charge in [0.2, 0.25) is 0 Å². The third-order valence-electron chi connectivity index (χ3n) is 4.31. The lowest BCUT2D eigenvalue weighted by molar-refractivity contribution is 0.453. The first-order chi connectivity index (χ1) is 13.8. The van der Waals surface area contributed by atoms with Crippen molar-refractivity contribution in [2.24, 2.45) is 10.7 Å². The van der Waals surface area contributed by atoms with E-state index in [4.69, 9.17) is 5.73 Å². The molecule has 29 heavy (non-hydrogen) atoms. The second-order valence-electron chi connectivity index (χ2n) is 6.48. The van der Waals surface area contributed by atoms with E-state index in [-0.39, 0.29) is 11.1 Å². The molecule has 0 atom stereocenters. The predicted molar refractivity (Wildman–Crippen MR) is 109 cm³/mol. The summed E-state index contributed by atoms with van der Waals surface area (Å²) < 4.78 is 0. The molecular formula is C17H26N8O4. The van der Waals surface area contributed by atoms with Crippen LogP contribution in [0.2, 0.25) is 0 Å². The van der Waals surface area contributed by atoms with E-state index < -0.39 is 11.4 Å². The molecule has 3 rings (SSSR count). The van der Waals surface area contributed by atoms with Gasteiger partial charge in [-0.3, -0.25) is 24.5 Å². The summed E-state index contributed by atoms with van der Waals surface area (Å²) in [4.78, 5) is 60.0. The molecule has 0 fully saturated rings. The number of rotatable bonds is 6. The van der Waals surface area contributed by atoms with Gasteiger partial charge in [0.25, 0.3) is 11.1 Å². The molecule has 7 N–H and O–H groups in total. The quantitative estimate of drug-likeness (QED) is 0.289. The Bertz CT molecular complexity index is 1080. The fourth-order valence-corrected chi connectivity index (χ4v) is 2.58. The van der Waals surface area contributed by atoms with Crippen LogP contribution < -0.4 is 33.5 Å². The Morgan fingerprint density at radius 3 is 2.14 bits per heavy atom. The number of aliphatic imine (C=N–C) groups is 1. The summed E-state index contributed by atoms with van der Waals surface area (Å²) in [6.45, 7) is 7.09. The molecule has 0 aliphatic carbocycles. The Hall–Kier alpha value is -3.25. The van der Waals surface area contributed by atoms with Crippen molar-refractivity contribution in [1.29, 1.82) is 0 Å². The Morgan fingerprint density at radius 2 is 1.59 bits per heavy atom. The molecule has 3 heterocycles. The smallest absolute Gasteiger partial charge is 0.325 e. The molecule has 158 valence electrons. The fraction of sp³-hybridized carbons (Fsp3) is 0.471. The molecule has 0 unspecified atom stereocenters. The zero-order valence-electron chi connectivity index (χ0n) is 16.4. The molecule has 1 aliphatic rings. The minimum atomic E-state index is -0.481. The second kappa shape index (κ2) is 10.3. The van der Waals surface area contributed by atoms with E-state index in [1.165, 1.54) is 0 Å². The number of H-pyrrole nitrogens is 4. The van der Waals surface area contributed by atoms with Gasteiger partial charge in [-0.25, -0.2) is 9.59 Å². The van der Waals surface area contributed by atoms with Crippen LogP contribution in [0.1, 0.15) is 22.5 Å². The van der Waals surface area contributed by atoms with Gasteiger partial charge in [0.05, 0.1) is 19.4 Å². The summed E-state index contributed by atoms with van der Waals surface area (Å²) >= 11 is 0. The van der Waals surface area contributed by atoms with E-state index in [0.717, 1.165) is 13.1 Å². The van der Waals surface area contributed by atoms with Gasteiger partial charge in [0, 0.05) is 48.7 Å². The Morgan fingerprint density at radius 1 is 1.00 bits per heavy atom. The zero-order valence-corrected chi connectivity index (χ0v) is 16.4. The molecule has 0 radical (unpaired) electrons. The van der Waals surface area contributed by atoms with Crippen molar-refractivity contribution in [2.45, 2.75) is 26.9 Å². The lowest BCUT2D eigenvalue weighted by Crippen LogP contribution is -2.30. The maximum Gasteiger partial charge on any atom is 0.325 e. The van der Waals surface area contributed by atoms with Gasteiger partial charge in [-0.05, 0) is 13.8 Å². The van der Waals surface area contributed by atoms with Crippen LogP contribution in [0, 0.1) is 13.8 Å². The normalized spacial score (nSPS) is 12.7. The van der Waals surface area contributed by atoms with Crippen LogP contribution >= 0.6 is 0 Å². The third-order valence-corrected chi connectivity index (χ3v) is 4.31. The standard InChI is InChI=1S/C9H12N4O2.C8H14N4O2/c1-6-7(4-13-3-2-10-5-13)11-9(15)12-8(6)14;1-5-6(4-10-3-2-9)11-8(14)12-7(5)13/h5H,2-4H2,1H3,(H2,11,12,14,15);10H,2-4,9H2,1H3,(H2,11,12,13,14). The number of nitrogens with zero attached hydrogens (tertiary/aromatic N) is 2. The lowest BCUT2D eigenvalue weighted by atomic mass is 10.2. The van der Waals surface area contributed by atoms with Crippen molar-refractivity contribution in [3.63, 3.8) is 0 Å². The average molecular weight is 406 g/mol. The summed E-state index contributed by atoms with van der Waals surface area (Å²) in [6, 6.07) is 0. The third kappa shape index (κ3) is 6.40. The van der Waals surface area contributed by atoms with E-state index in [1.807, 2.05) is 4.90 Å². The van der Waals surface area contributed by atoms with Crippen LogP contribution in [0.3, 0.4) is 0 Å². The molecular weight excluding hydrogens is 380 g/mol. The Labute approximate surface area is 165 Å². The van der Waals surface area contributed by atoms with Crippen LogP contribution in [0.4, 0.5) is 0 Å². The van der Waals surface area contributed by atoms with Crippen LogP contribution in [0.5, 0.6) is 0 Å². The first-order valence-electron chi connectivity index (χ1n) is 9.10. The van der Waals surface area contributed by atoms with Crippen molar-refractivity contribution in [1.82, 2.24) is 30.2 Å². The second-order valence-corrected chi connectivity index (χ2v) is 6.48. The van der Waals surface area contributed by atoms with E-state index >= 15 is 0 Å². The van der Waals surface area contributed by atoms with Gasteiger partial charge >= 0.3 is 11.4 Å². The van der Waals surface area contributed by atoms with Gasteiger partial charge in [-0.15, -0.1) is 0 Å². The van der Waals surface area contributed by atoms with Crippen LogP contribution in [-0.2, 0) is 13.1 Å². The van der Waals surface area contributed by atoms with Crippen molar-refractivity contribution >= 4 is 6.34 Å². The lowest BCUT2D eigenvalue weighted by Gasteiger charge is -2.14. The summed E-state index contributed by atoms with van der Waals surface area (Å²) in [6.07, 6.45) is 1.74. The molecule has 12 nitrogen and oxygen atoms in total. The average Bonchev–Trinajstić information content (AvgIpc) is 3.17. The van der Waals surface area contributed by atoms with Crippen LogP contribution in [0.25, 0.3) is 0 Å². The molecule has 2 aromatic rings. The molecule has 0 spiro atoms. The molecule has 0 bridgehead atoms. The van der Waals surface area contributed by atoms with Crippen molar-refractivity contribution in [3.8, 4) is 0 Å². The van der Waals surface area contributed by atoms with Gasteiger partial charge in [0.1, 0.15) is 0 Å². The highest BCUT2D eigenvalue weighted by Gasteiger charge is 2.10. The van der Waals surface area contributed by atoms with Crippen molar-refractivity contribution in [2.75, 3.05) is 26.2 Å². The topological polar surface area (TPSA) is 185 Å². The summed E-state index contributed by atoms with van der Waals surface area (Å²) in [7, 11) is 0.